The lowest BCUT2D eigenvalue weighted by Gasteiger charge is -2.11. The number of anilines is 2. The number of nitrogens with zero attached hydrogens (tertiary/aromatic N) is 2. The van der Waals surface area contributed by atoms with Gasteiger partial charge in [-0.2, -0.15) is 0 Å². The van der Waals surface area contributed by atoms with E-state index in [1.807, 2.05) is 0 Å². The summed E-state index contributed by atoms with van der Waals surface area (Å²) >= 11 is 9.11. The van der Waals surface area contributed by atoms with Crippen molar-refractivity contribution in [1.82, 2.24) is 9.97 Å². The second kappa shape index (κ2) is 5.49. The third-order valence-electron chi connectivity index (χ3n) is 2.16. The molecule has 0 aliphatic rings. The molecule has 7 heteroatoms. The number of hydrogen-bond acceptors (Lipinski definition) is 4. The molecule has 0 spiro atoms. The number of rotatable bonds is 3. The van der Waals surface area contributed by atoms with E-state index in [2.05, 4.69) is 31.2 Å². The van der Waals surface area contributed by atoms with Gasteiger partial charge < -0.3 is 10.1 Å². The molecule has 4 nitrogen and oxygen atoms in total. The van der Waals surface area contributed by atoms with Crippen LogP contribution in [-0.2, 0) is 0 Å². The molecule has 1 N–H and O–H groups in total. The Hall–Kier alpha value is -1.40. The molecule has 18 heavy (non-hydrogen) atoms. The van der Waals surface area contributed by atoms with Gasteiger partial charge in [0, 0.05) is 6.07 Å². The van der Waals surface area contributed by atoms with E-state index in [1.165, 1.54) is 25.6 Å². The molecule has 0 aliphatic carbocycles. The highest BCUT2D eigenvalue weighted by Crippen LogP contribution is 2.32. The van der Waals surface area contributed by atoms with E-state index in [1.54, 1.807) is 6.07 Å². The summed E-state index contributed by atoms with van der Waals surface area (Å²) in [4.78, 5) is 7.84. The standard InChI is InChI=1S/C11H8BrClFN3O/c1-18-8-4-6(14)2-3-7(8)17-11-9(12)10(13)15-5-16-11/h2-5H,1H3,(H,15,16,17). The molecular weight excluding hydrogens is 324 g/mol. The first-order valence-electron chi connectivity index (χ1n) is 4.88. The van der Waals surface area contributed by atoms with Crippen LogP contribution in [0.25, 0.3) is 0 Å². The highest BCUT2D eigenvalue weighted by atomic mass is 79.9. The number of aromatic nitrogens is 2. The van der Waals surface area contributed by atoms with Crippen molar-refractivity contribution in [1.29, 1.82) is 0 Å². The molecule has 0 bridgehead atoms. The summed E-state index contributed by atoms with van der Waals surface area (Å²) in [5, 5.41) is 3.27. The number of nitrogens with one attached hydrogen (secondary N) is 1. The molecule has 0 aliphatic heterocycles. The molecule has 0 fully saturated rings. The first-order valence-corrected chi connectivity index (χ1v) is 6.05. The molecule has 2 aromatic rings. The second-order valence-corrected chi connectivity index (χ2v) is 4.45. The molecule has 2 rings (SSSR count). The lowest BCUT2D eigenvalue weighted by Crippen LogP contribution is -1.99. The Labute approximate surface area is 116 Å². The highest BCUT2D eigenvalue weighted by molar-refractivity contribution is 9.10. The third kappa shape index (κ3) is 2.70. The maximum Gasteiger partial charge on any atom is 0.149 e. The monoisotopic (exact) mass is 331 g/mol. The minimum atomic E-state index is -0.378. The summed E-state index contributed by atoms with van der Waals surface area (Å²) in [5.41, 5.74) is 0.578. The fraction of sp³-hybridized carbons (Fsp3) is 0.0909. The van der Waals surface area contributed by atoms with Crippen LogP contribution in [0.2, 0.25) is 5.15 Å². The Morgan fingerprint density at radius 2 is 2.17 bits per heavy atom. The smallest absolute Gasteiger partial charge is 0.149 e. The van der Waals surface area contributed by atoms with Crippen LogP contribution in [0.3, 0.4) is 0 Å². The highest BCUT2D eigenvalue weighted by Gasteiger charge is 2.10. The van der Waals surface area contributed by atoms with Crippen molar-refractivity contribution >= 4 is 39.0 Å². The molecule has 1 heterocycles. The van der Waals surface area contributed by atoms with Crippen LogP contribution >= 0.6 is 27.5 Å². The number of benzene rings is 1. The van der Waals surface area contributed by atoms with E-state index in [-0.39, 0.29) is 11.0 Å². The largest absolute Gasteiger partial charge is 0.494 e. The molecule has 0 amide bonds. The summed E-state index contributed by atoms with van der Waals surface area (Å²) < 4.78 is 18.7. The normalized spacial score (nSPS) is 10.2. The van der Waals surface area contributed by atoms with Crippen LogP contribution in [0.1, 0.15) is 0 Å². The first-order chi connectivity index (χ1) is 8.61. The number of methoxy groups -OCH3 is 1. The molecule has 1 aromatic carbocycles. The van der Waals surface area contributed by atoms with Crippen molar-refractivity contribution in [2.24, 2.45) is 0 Å². The Morgan fingerprint density at radius 1 is 1.39 bits per heavy atom. The molecule has 94 valence electrons. The maximum absolute atomic E-state index is 13.1. The van der Waals surface area contributed by atoms with Crippen LogP contribution in [0.4, 0.5) is 15.9 Å². The topological polar surface area (TPSA) is 47.0 Å². The van der Waals surface area contributed by atoms with Gasteiger partial charge in [-0.25, -0.2) is 14.4 Å². The molecule has 1 aromatic heterocycles. The number of halogens is 3. The summed E-state index contributed by atoms with van der Waals surface area (Å²) in [6.07, 6.45) is 1.32. The van der Waals surface area contributed by atoms with Gasteiger partial charge >= 0.3 is 0 Å². The van der Waals surface area contributed by atoms with Gasteiger partial charge in [0.05, 0.1) is 17.3 Å². The Balaban J connectivity index is 2.37. The van der Waals surface area contributed by atoms with Crippen molar-refractivity contribution < 1.29 is 9.13 Å². The summed E-state index contributed by atoms with van der Waals surface area (Å²) in [6, 6.07) is 4.15. The van der Waals surface area contributed by atoms with E-state index in [0.29, 0.717) is 21.7 Å². The number of ether oxygens (including phenoxy) is 1. The van der Waals surface area contributed by atoms with Gasteiger partial charge in [0.2, 0.25) is 0 Å². The van der Waals surface area contributed by atoms with Crippen molar-refractivity contribution in [3.05, 3.63) is 40.0 Å². The average molecular weight is 333 g/mol. The Morgan fingerprint density at radius 3 is 2.89 bits per heavy atom. The maximum atomic E-state index is 13.1. The van der Waals surface area contributed by atoms with Crippen molar-refractivity contribution in [2.45, 2.75) is 0 Å². The molecule has 0 radical (unpaired) electrons. The zero-order chi connectivity index (χ0) is 13.1. The Bertz CT molecular complexity index is 582. The zero-order valence-electron chi connectivity index (χ0n) is 9.25. The van der Waals surface area contributed by atoms with E-state index in [4.69, 9.17) is 16.3 Å². The van der Waals surface area contributed by atoms with Gasteiger partial charge in [0.15, 0.2) is 0 Å². The van der Waals surface area contributed by atoms with Crippen LogP contribution < -0.4 is 10.1 Å². The fourth-order valence-corrected chi connectivity index (χ4v) is 1.77. The second-order valence-electron chi connectivity index (χ2n) is 3.30. The predicted molar refractivity (Wildman–Crippen MR) is 71.0 cm³/mol. The van der Waals surface area contributed by atoms with Crippen LogP contribution in [0.15, 0.2) is 29.0 Å². The summed E-state index contributed by atoms with van der Waals surface area (Å²) in [6.45, 7) is 0. The number of hydrogen-bond donors (Lipinski definition) is 1. The van der Waals surface area contributed by atoms with Gasteiger partial charge in [0.1, 0.15) is 28.9 Å². The van der Waals surface area contributed by atoms with Crippen molar-refractivity contribution in [2.75, 3.05) is 12.4 Å². The molecule has 0 saturated heterocycles. The predicted octanol–water partition coefficient (Wildman–Crippen LogP) is 3.78. The lowest BCUT2D eigenvalue weighted by molar-refractivity contribution is 0.413. The fourth-order valence-electron chi connectivity index (χ4n) is 1.33. The van der Waals surface area contributed by atoms with Gasteiger partial charge in [0.25, 0.3) is 0 Å². The summed E-state index contributed by atoms with van der Waals surface area (Å²) in [5.74, 6) is 0.466. The minimum absolute atomic E-state index is 0.286. The van der Waals surface area contributed by atoms with Gasteiger partial charge in [-0.05, 0) is 28.1 Å². The van der Waals surface area contributed by atoms with Crippen LogP contribution in [0, 0.1) is 5.82 Å². The van der Waals surface area contributed by atoms with Crippen LogP contribution in [0.5, 0.6) is 5.75 Å². The first kappa shape index (κ1) is 13.0. The molecule has 0 unspecified atom stereocenters. The SMILES string of the molecule is COc1cc(F)ccc1Nc1ncnc(Cl)c1Br. The zero-order valence-corrected chi connectivity index (χ0v) is 11.6. The van der Waals surface area contributed by atoms with Gasteiger partial charge in [-0.15, -0.1) is 0 Å². The van der Waals surface area contributed by atoms with Crippen molar-refractivity contribution in [3.63, 3.8) is 0 Å². The molecular formula is C11H8BrClFN3O. The molecule has 0 atom stereocenters. The third-order valence-corrected chi connectivity index (χ3v) is 3.43. The van der Waals surface area contributed by atoms with Crippen LogP contribution in [-0.4, -0.2) is 17.1 Å². The van der Waals surface area contributed by atoms with Gasteiger partial charge in [-0.1, -0.05) is 11.6 Å². The van der Waals surface area contributed by atoms with E-state index < -0.39 is 0 Å². The summed E-state index contributed by atoms with van der Waals surface area (Å²) in [7, 11) is 1.46. The average Bonchev–Trinajstić information content (AvgIpc) is 2.37. The van der Waals surface area contributed by atoms with E-state index in [0.717, 1.165) is 0 Å². The minimum Gasteiger partial charge on any atom is -0.494 e. The van der Waals surface area contributed by atoms with E-state index >= 15 is 0 Å². The quantitative estimate of drug-likeness (QED) is 0.869. The van der Waals surface area contributed by atoms with Crippen molar-refractivity contribution in [3.8, 4) is 5.75 Å². The lowest BCUT2D eigenvalue weighted by atomic mass is 10.3. The van der Waals surface area contributed by atoms with E-state index in [9.17, 15) is 4.39 Å². The Kier molecular flexibility index (Phi) is 3.98. The molecule has 0 saturated carbocycles. The van der Waals surface area contributed by atoms with Gasteiger partial charge in [-0.3, -0.25) is 0 Å².